The number of nitrogens with zero attached hydrogens (tertiary/aromatic N) is 1. The predicted octanol–water partition coefficient (Wildman–Crippen LogP) is 3.56. The van der Waals surface area contributed by atoms with E-state index in [2.05, 4.69) is 4.72 Å². The summed E-state index contributed by atoms with van der Waals surface area (Å²) >= 11 is 0. The number of ether oxygens (including phenoxy) is 1. The molecule has 0 saturated carbocycles. The number of piperidine rings is 1. The van der Waals surface area contributed by atoms with Crippen molar-refractivity contribution in [1.82, 2.24) is 0 Å². The van der Waals surface area contributed by atoms with Crippen LogP contribution in [0.2, 0.25) is 0 Å². The molecule has 0 unspecified atom stereocenters. The molecule has 0 bridgehead atoms. The normalized spacial score (nSPS) is 15.3. The SMILES string of the molecule is COc1ccc(N2C(=O)CCCC2=O)cc1S(=O)(=O)Nc1ccc(C(F)(F)F)cc1. The summed E-state index contributed by atoms with van der Waals surface area (Å²) in [4.78, 5) is 24.8. The molecule has 0 spiro atoms. The summed E-state index contributed by atoms with van der Waals surface area (Å²) in [6, 6.07) is 7.26. The second-order valence-corrected chi connectivity index (χ2v) is 8.14. The van der Waals surface area contributed by atoms with E-state index in [0.717, 1.165) is 35.2 Å². The molecule has 3 rings (SSSR count). The van der Waals surface area contributed by atoms with Crippen molar-refractivity contribution < 1.29 is 35.9 Å². The first-order chi connectivity index (χ1) is 14.0. The number of carbonyl (C=O) groups is 2. The first-order valence-corrected chi connectivity index (χ1v) is 10.2. The lowest BCUT2D eigenvalue weighted by Gasteiger charge is -2.25. The molecule has 0 radical (unpaired) electrons. The van der Waals surface area contributed by atoms with Crippen molar-refractivity contribution in [3.05, 3.63) is 48.0 Å². The quantitative estimate of drug-likeness (QED) is 0.715. The maximum Gasteiger partial charge on any atom is 0.416 e. The molecule has 1 heterocycles. The number of imide groups is 1. The van der Waals surface area contributed by atoms with Gasteiger partial charge in [-0.3, -0.25) is 19.2 Å². The van der Waals surface area contributed by atoms with Gasteiger partial charge in [-0.2, -0.15) is 13.2 Å². The fraction of sp³-hybridized carbons (Fsp3) is 0.263. The second kappa shape index (κ2) is 7.98. The number of rotatable bonds is 5. The summed E-state index contributed by atoms with van der Waals surface area (Å²) in [5.74, 6) is -0.957. The molecule has 0 atom stereocenters. The standard InChI is InChI=1S/C19H17F3N2O5S/c1-29-15-10-9-14(24-17(25)3-2-4-18(24)26)11-16(15)30(27,28)23-13-7-5-12(6-8-13)19(20,21)22/h5-11,23H,2-4H2,1H3. The molecule has 160 valence electrons. The molecule has 1 aliphatic rings. The molecule has 1 fully saturated rings. The maximum atomic E-state index is 12.9. The van der Waals surface area contributed by atoms with Gasteiger partial charge in [0.05, 0.1) is 18.4 Å². The van der Waals surface area contributed by atoms with Gasteiger partial charge in [-0.1, -0.05) is 0 Å². The van der Waals surface area contributed by atoms with E-state index in [9.17, 15) is 31.2 Å². The number of sulfonamides is 1. The van der Waals surface area contributed by atoms with Gasteiger partial charge in [-0.15, -0.1) is 0 Å². The van der Waals surface area contributed by atoms with Gasteiger partial charge in [0.25, 0.3) is 10.0 Å². The first kappa shape index (κ1) is 21.6. The van der Waals surface area contributed by atoms with Crippen LogP contribution in [0, 0.1) is 0 Å². The van der Waals surface area contributed by atoms with Crippen LogP contribution in [0.4, 0.5) is 24.5 Å². The van der Waals surface area contributed by atoms with Crippen molar-refractivity contribution in [2.24, 2.45) is 0 Å². The van der Waals surface area contributed by atoms with Gasteiger partial charge < -0.3 is 4.74 Å². The zero-order valence-electron chi connectivity index (χ0n) is 15.7. The third-order valence-electron chi connectivity index (χ3n) is 4.44. The highest BCUT2D eigenvalue weighted by Gasteiger charge is 2.31. The number of anilines is 2. The lowest BCUT2D eigenvalue weighted by molar-refractivity contribution is -0.137. The summed E-state index contributed by atoms with van der Waals surface area (Å²) in [6.45, 7) is 0. The predicted molar refractivity (Wildman–Crippen MR) is 102 cm³/mol. The number of alkyl halides is 3. The molecule has 1 N–H and O–H groups in total. The van der Waals surface area contributed by atoms with Gasteiger partial charge in [0, 0.05) is 18.5 Å². The Labute approximate surface area is 170 Å². The lowest BCUT2D eigenvalue weighted by Crippen LogP contribution is -2.40. The third-order valence-corrected chi connectivity index (χ3v) is 5.84. The number of halogens is 3. The smallest absolute Gasteiger partial charge is 0.416 e. The number of hydrogen-bond acceptors (Lipinski definition) is 5. The minimum absolute atomic E-state index is 0.0601. The highest BCUT2D eigenvalue weighted by atomic mass is 32.2. The largest absolute Gasteiger partial charge is 0.495 e. The Hall–Kier alpha value is -3.08. The Bertz CT molecular complexity index is 1070. The maximum absolute atomic E-state index is 12.9. The zero-order chi connectivity index (χ0) is 22.1. The fourth-order valence-electron chi connectivity index (χ4n) is 2.99. The van der Waals surface area contributed by atoms with Crippen LogP contribution in [0.1, 0.15) is 24.8 Å². The molecule has 2 aromatic rings. The van der Waals surface area contributed by atoms with Crippen LogP contribution in [0.25, 0.3) is 0 Å². The van der Waals surface area contributed by atoms with Gasteiger partial charge in [-0.25, -0.2) is 8.42 Å². The Kier molecular flexibility index (Phi) is 5.75. The van der Waals surface area contributed by atoms with Crippen LogP contribution in [0.5, 0.6) is 5.75 Å². The van der Waals surface area contributed by atoms with Crippen molar-refractivity contribution in [1.29, 1.82) is 0 Å². The van der Waals surface area contributed by atoms with Crippen LogP contribution in [-0.4, -0.2) is 27.3 Å². The van der Waals surface area contributed by atoms with Crippen LogP contribution >= 0.6 is 0 Å². The number of methoxy groups -OCH3 is 1. The molecule has 11 heteroatoms. The molecule has 0 aliphatic carbocycles. The summed E-state index contributed by atoms with van der Waals surface area (Å²) in [7, 11) is -3.07. The minimum Gasteiger partial charge on any atom is -0.495 e. The van der Waals surface area contributed by atoms with Gasteiger partial charge >= 0.3 is 6.18 Å². The second-order valence-electron chi connectivity index (χ2n) is 6.49. The fourth-order valence-corrected chi connectivity index (χ4v) is 4.24. The van der Waals surface area contributed by atoms with Gasteiger partial charge in [0.1, 0.15) is 10.6 Å². The Morgan fingerprint density at radius 2 is 1.60 bits per heavy atom. The van der Waals surface area contributed by atoms with Crippen LogP contribution in [0.15, 0.2) is 47.4 Å². The zero-order valence-corrected chi connectivity index (χ0v) is 16.5. The van der Waals surface area contributed by atoms with E-state index >= 15 is 0 Å². The molecule has 7 nitrogen and oxygen atoms in total. The third kappa shape index (κ3) is 4.40. The number of hydrogen-bond donors (Lipinski definition) is 1. The molecule has 0 aromatic heterocycles. The van der Waals surface area contributed by atoms with Crippen LogP contribution in [-0.2, 0) is 25.8 Å². The van der Waals surface area contributed by atoms with Gasteiger partial charge in [0.15, 0.2) is 0 Å². The van der Waals surface area contributed by atoms with Crippen LogP contribution < -0.4 is 14.4 Å². The number of nitrogens with one attached hydrogen (secondary N) is 1. The Balaban J connectivity index is 1.96. The Morgan fingerprint density at radius 1 is 1.00 bits per heavy atom. The summed E-state index contributed by atoms with van der Waals surface area (Å²) in [6.07, 6.45) is -3.82. The highest BCUT2D eigenvalue weighted by molar-refractivity contribution is 7.92. The van der Waals surface area contributed by atoms with Gasteiger partial charge in [-0.05, 0) is 48.9 Å². The number of amides is 2. The van der Waals surface area contributed by atoms with Crippen LogP contribution in [0.3, 0.4) is 0 Å². The molecular formula is C19H17F3N2O5S. The average molecular weight is 442 g/mol. The molecule has 30 heavy (non-hydrogen) atoms. The van der Waals surface area contributed by atoms with Gasteiger partial charge in [0.2, 0.25) is 11.8 Å². The van der Waals surface area contributed by atoms with E-state index in [1.165, 1.54) is 19.2 Å². The summed E-state index contributed by atoms with van der Waals surface area (Å²) < 4.78 is 71.0. The van der Waals surface area contributed by atoms with Crippen molar-refractivity contribution in [2.45, 2.75) is 30.3 Å². The number of benzene rings is 2. The van der Waals surface area contributed by atoms with Crippen molar-refractivity contribution >= 4 is 33.2 Å². The van der Waals surface area contributed by atoms with E-state index in [-0.39, 0.29) is 34.9 Å². The molecule has 1 saturated heterocycles. The monoisotopic (exact) mass is 442 g/mol. The van der Waals surface area contributed by atoms with Crippen molar-refractivity contribution in [2.75, 3.05) is 16.7 Å². The van der Waals surface area contributed by atoms with E-state index in [1.807, 2.05) is 0 Å². The van der Waals surface area contributed by atoms with E-state index in [4.69, 9.17) is 4.74 Å². The topological polar surface area (TPSA) is 92.8 Å². The van der Waals surface area contributed by atoms with E-state index in [0.29, 0.717) is 6.42 Å². The summed E-state index contributed by atoms with van der Waals surface area (Å²) in [5, 5.41) is 0. The lowest BCUT2D eigenvalue weighted by atomic mass is 10.1. The minimum atomic E-state index is -4.55. The molecule has 2 amide bonds. The number of carbonyl (C=O) groups excluding carboxylic acids is 2. The highest BCUT2D eigenvalue weighted by Crippen LogP contribution is 2.33. The molecule has 1 aliphatic heterocycles. The molecule has 2 aromatic carbocycles. The average Bonchev–Trinajstić information content (AvgIpc) is 2.67. The van der Waals surface area contributed by atoms with Crippen molar-refractivity contribution in [3.63, 3.8) is 0 Å². The van der Waals surface area contributed by atoms with E-state index < -0.39 is 33.6 Å². The Morgan fingerprint density at radius 3 is 2.13 bits per heavy atom. The molecular weight excluding hydrogens is 425 g/mol. The van der Waals surface area contributed by atoms with E-state index in [1.54, 1.807) is 0 Å². The summed E-state index contributed by atoms with van der Waals surface area (Å²) in [5.41, 5.74) is -0.953. The first-order valence-electron chi connectivity index (χ1n) is 8.77. The van der Waals surface area contributed by atoms with Crippen molar-refractivity contribution in [3.8, 4) is 5.75 Å².